The molecule has 0 saturated heterocycles. The zero-order valence-corrected chi connectivity index (χ0v) is 12.4. The first kappa shape index (κ1) is 13.6. The predicted molar refractivity (Wildman–Crippen MR) is 81.7 cm³/mol. The second kappa shape index (κ2) is 5.52. The van der Waals surface area contributed by atoms with Crippen LogP contribution in [-0.2, 0) is 0 Å². The third-order valence-corrected chi connectivity index (χ3v) is 4.58. The molecule has 2 N–H and O–H groups in total. The van der Waals surface area contributed by atoms with Crippen molar-refractivity contribution in [3.05, 3.63) is 24.3 Å². The van der Waals surface area contributed by atoms with E-state index in [1.165, 1.54) is 37.0 Å². The van der Waals surface area contributed by atoms with Gasteiger partial charge >= 0.3 is 0 Å². The van der Waals surface area contributed by atoms with Gasteiger partial charge in [0, 0.05) is 18.2 Å². The van der Waals surface area contributed by atoms with E-state index in [4.69, 9.17) is 10.7 Å². The van der Waals surface area contributed by atoms with Crippen LogP contribution >= 0.6 is 0 Å². The molecule has 2 heterocycles. The van der Waals surface area contributed by atoms with E-state index in [-0.39, 0.29) is 0 Å². The Labute approximate surface area is 120 Å². The van der Waals surface area contributed by atoms with E-state index >= 15 is 0 Å². The number of pyridine rings is 1. The lowest BCUT2D eigenvalue weighted by molar-refractivity contribution is 0.318. The van der Waals surface area contributed by atoms with Crippen LogP contribution in [0.1, 0.15) is 57.3 Å². The normalized spacial score (nSPS) is 23.6. The van der Waals surface area contributed by atoms with Crippen LogP contribution in [0.25, 0.3) is 11.0 Å². The minimum Gasteiger partial charge on any atom is -0.330 e. The molecule has 1 saturated carbocycles. The molecule has 108 valence electrons. The third-order valence-electron chi connectivity index (χ3n) is 4.58. The average Bonchev–Trinajstić information content (AvgIpc) is 2.86. The highest BCUT2D eigenvalue weighted by Gasteiger charge is 2.26. The lowest BCUT2D eigenvalue weighted by Crippen LogP contribution is -2.22. The van der Waals surface area contributed by atoms with Crippen LogP contribution in [0.2, 0.25) is 0 Å². The molecule has 0 atom stereocenters. The molecule has 0 spiro atoms. The highest BCUT2D eigenvalue weighted by Crippen LogP contribution is 2.37. The molecular weight excluding hydrogens is 248 g/mol. The number of hydrogen-bond acceptors (Lipinski definition) is 3. The van der Waals surface area contributed by atoms with Gasteiger partial charge in [-0.15, -0.1) is 0 Å². The van der Waals surface area contributed by atoms with E-state index < -0.39 is 0 Å². The first-order valence-corrected chi connectivity index (χ1v) is 7.72. The van der Waals surface area contributed by atoms with Crippen molar-refractivity contribution in [3.63, 3.8) is 0 Å². The summed E-state index contributed by atoms with van der Waals surface area (Å²) >= 11 is 0. The number of aromatic nitrogens is 3. The Hall–Kier alpha value is -1.42. The predicted octanol–water partition coefficient (Wildman–Crippen LogP) is 3.24. The van der Waals surface area contributed by atoms with Gasteiger partial charge in [-0.2, -0.15) is 0 Å². The Morgan fingerprint density at radius 2 is 2.05 bits per heavy atom. The number of imidazole rings is 1. The smallest absolute Gasteiger partial charge is 0.113 e. The maximum Gasteiger partial charge on any atom is 0.113 e. The van der Waals surface area contributed by atoms with Crippen molar-refractivity contribution < 1.29 is 0 Å². The molecule has 1 aliphatic rings. The van der Waals surface area contributed by atoms with Gasteiger partial charge in [0.1, 0.15) is 11.3 Å². The van der Waals surface area contributed by atoms with Crippen molar-refractivity contribution in [1.29, 1.82) is 0 Å². The zero-order valence-electron chi connectivity index (χ0n) is 12.4. The van der Waals surface area contributed by atoms with Crippen LogP contribution in [-0.4, -0.2) is 21.1 Å². The number of nitrogens with two attached hydrogens (primary N) is 1. The molecule has 0 amide bonds. The Kier molecular flexibility index (Phi) is 3.74. The Morgan fingerprint density at radius 3 is 2.70 bits per heavy atom. The number of nitrogens with zero attached hydrogens (tertiary/aromatic N) is 3. The SMILES string of the molecule is CC(C)n1c(C2CCC(CN)CC2)nc2cnccc21. The van der Waals surface area contributed by atoms with Crippen molar-refractivity contribution >= 4 is 11.0 Å². The summed E-state index contributed by atoms with van der Waals surface area (Å²) in [5.74, 6) is 2.54. The van der Waals surface area contributed by atoms with Crippen molar-refractivity contribution in [1.82, 2.24) is 14.5 Å². The van der Waals surface area contributed by atoms with Crippen LogP contribution < -0.4 is 5.73 Å². The van der Waals surface area contributed by atoms with Gasteiger partial charge in [-0.1, -0.05) is 0 Å². The minimum absolute atomic E-state index is 0.435. The Morgan fingerprint density at radius 1 is 1.30 bits per heavy atom. The molecule has 0 radical (unpaired) electrons. The van der Waals surface area contributed by atoms with E-state index in [1.54, 1.807) is 0 Å². The number of rotatable bonds is 3. The van der Waals surface area contributed by atoms with E-state index in [2.05, 4.69) is 29.5 Å². The molecular formula is C16H24N4. The van der Waals surface area contributed by atoms with Gasteiger partial charge in [0.15, 0.2) is 0 Å². The van der Waals surface area contributed by atoms with E-state index in [1.807, 2.05) is 12.4 Å². The van der Waals surface area contributed by atoms with Gasteiger partial charge < -0.3 is 10.3 Å². The van der Waals surface area contributed by atoms with Crippen molar-refractivity contribution in [2.24, 2.45) is 11.7 Å². The molecule has 20 heavy (non-hydrogen) atoms. The quantitative estimate of drug-likeness (QED) is 0.933. The van der Waals surface area contributed by atoms with Crippen molar-refractivity contribution in [3.8, 4) is 0 Å². The highest BCUT2D eigenvalue weighted by atomic mass is 15.1. The second-order valence-corrected chi connectivity index (χ2v) is 6.25. The van der Waals surface area contributed by atoms with Crippen molar-refractivity contribution in [2.75, 3.05) is 6.54 Å². The largest absolute Gasteiger partial charge is 0.330 e. The minimum atomic E-state index is 0.435. The van der Waals surface area contributed by atoms with Gasteiger partial charge in [-0.05, 0) is 58.1 Å². The van der Waals surface area contributed by atoms with Crippen molar-refractivity contribution in [2.45, 2.75) is 51.5 Å². The fraction of sp³-hybridized carbons (Fsp3) is 0.625. The summed E-state index contributed by atoms with van der Waals surface area (Å²) in [6, 6.07) is 2.52. The molecule has 3 rings (SSSR count). The molecule has 2 aromatic rings. The van der Waals surface area contributed by atoms with Crippen LogP contribution in [0.4, 0.5) is 0 Å². The Balaban J connectivity index is 1.97. The highest BCUT2D eigenvalue weighted by molar-refractivity contribution is 5.75. The summed E-state index contributed by atoms with van der Waals surface area (Å²) in [5.41, 5.74) is 8.04. The molecule has 0 bridgehead atoms. The van der Waals surface area contributed by atoms with E-state index in [9.17, 15) is 0 Å². The van der Waals surface area contributed by atoms with Crippen LogP contribution in [0.15, 0.2) is 18.5 Å². The number of hydrogen-bond donors (Lipinski definition) is 1. The molecule has 1 fully saturated rings. The lowest BCUT2D eigenvalue weighted by atomic mass is 9.81. The molecule has 1 aliphatic carbocycles. The summed E-state index contributed by atoms with van der Waals surface area (Å²) < 4.78 is 2.39. The van der Waals surface area contributed by atoms with Crippen LogP contribution in [0, 0.1) is 5.92 Å². The van der Waals surface area contributed by atoms with Gasteiger partial charge in [0.2, 0.25) is 0 Å². The summed E-state index contributed by atoms with van der Waals surface area (Å²) in [6.07, 6.45) is 8.64. The number of fused-ring (bicyclic) bond motifs is 1. The summed E-state index contributed by atoms with van der Waals surface area (Å²) in [4.78, 5) is 9.08. The van der Waals surface area contributed by atoms with Gasteiger partial charge in [-0.3, -0.25) is 4.98 Å². The fourth-order valence-corrected chi connectivity index (χ4v) is 3.46. The van der Waals surface area contributed by atoms with Gasteiger partial charge in [0.05, 0.1) is 11.7 Å². The molecule has 4 heteroatoms. The van der Waals surface area contributed by atoms with Crippen LogP contribution in [0.3, 0.4) is 0 Å². The molecule has 0 aromatic carbocycles. The Bertz CT molecular complexity index is 579. The third kappa shape index (κ3) is 2.33. The molecule has 0 aliphatic heterocycles. The monoisotopic (exact) mass is 272 g/mol. The van der Waals surface area contributed by atoms with Crippen LogP contribution in [0.5, 0.6) is 0 Å². The van der Waals surface area contributed by atoms with E-state index in [0.717, 1.165) is 12.1 Å². The van der Waals surface area contributed by atoms with Gasteiger partial charge in [0.25, 0.3) is 0 Å². The van der Waals surface area contributed by atoms with E-state index in [0.29, 0.717) is 17.9 Å². The fourth-order valence-electron chi connectivity index (χ4n) is 3.46. The zero-order chi connectivity index (χ0) is 14.1. The molecule has 0 unspecified atom stereocenters. The standard InChI is InChI=1S/C16H24N4/c1-11(2)20-15-7-8-18-10-14(15)19-16(20)13-5-3-12(9-17)4-6-13/h7-8,10-13H,3-6,9,17H2,1-2H3. The average molecular weight is 272 g/mol. The summed E-state index contributed by atoms with van der Waals surface area (Å²) in [6.45, 7) is 5.30. The topological polar surface area (TPSA) is 56.7 Å². The maximum atomic E-state index is 5.80. The molecule has 4 nitrogen and oxygen atoms in total. The maximum absolute atomic E-state index is 5.80. The lowest BCUT2D eigenvalue weighted by Gasteiger charge is -2.28. The second-order valence-electron chi connectivity index (χ2n) is 6.25. The summed E-state index contributed by atoms with van der Waals surface area (Å²) in [5, 5.41) is 0. The first-order chi connectivity index (χ1) is 9.70. The summed E-state index contributed by atoms with van der Waals surface area (Å²) in [7, 11) is 0. The molecule has 2 aromatic heterocycles. The van der Waals surface area contributed by atoms with Gasteiger partial charge in [-0.25, -0.2) is 4.98 Å². The first-order valence-electron chi connectivity index (χ1n) is 7.72.